The lowest BCUT2D eigenvalue weighted by atomic mass is 10.1. The van der Waals surface area contributed by atoms with Crippen LogP contribution in [-0.4, -0.2) is 26.1 Å². The van der Waals surface area contributed by atoms with E-state index in [-0.39, 0.29) is 5.82 Å². The van der Waals surface area contributed by atoms with Gasteiger partial charge in [-0.3, -0.25) is 0 Å². The van der Waals surface area contributed by atoms with Crippen molar-refractivity contribution in [2.24, 2.45) is 0 Å². The molecule has 0 saturated heterocycles. The molecule has 0 saturated carbocycles. The van der Waals surface area contributed by atoms with E-state index in [2.05, 4.69) is 25.8 Å². The van der Waals surface area contributed by atoms with Crippen molar-refractivity contribution in [3.8, 4) is 0 Å². The maximum Gasteiger partial charge on any atom is 0.171 e. The second-order valence-electron chi connectivity index (χ2n) is 4.85. The van der Waals surface area contributed by atoms with Gasteiger partial charge in [0, 0.05) is 13.1 Å². The molecular weight excluding hydrogens is 283 g/mol. The summed E-state index contributed by atoms with van der Waals surface area (Å²) < 4.78 is 14.8. The Kier molecular flexibility index (Phi) is 4.24. The molecule has 2 N–H and O–H groups in total. The van der Waals surface area contributed by atoms with Crippen molar-refractivity contribution in [2.75, 3.05) is 12.0 Å². The molecule has 0 aliphatic carbocycles. The normalized spacial score (nSPS) is 11.0. The van der Waals surface area contributed by atoms with E-state index >= 15 is 0 Å². The topological polar surface area (TPSA) is 67.7 Å². The molecule has 3 aromatic rings. The number of aryl methyl sites for hydroxylation is 1. The first-order chi connectivity index (χ1) is 10.8. The Morgan fingerprint density at radius 1 is 1.14 bits per heavy atom. The number of hydrogen-bond acceptors (Lipinski definition) is 5. The quantitative estimate of drug-likeness (QED) is 0.539. The number of halogens is 1. The molecule has 22 heavy (non-hydrogen) atoms. The fourth-order valence-electron chi connectivity index (χ4n) is 2.21. The molecule has 0 amide bonds. The molecule has 0 aliphatic rings. The molecule has 6 nitrogen and oxygen atoms in total. The molecule has 0 atom stereocenters. The van der Waals surface area contributed by atoms with Gasteiger partial charge in [-0.1, -0.05) is 12.1 Å². The van der Waals surface area contributed by atoms with Crippen LogP contribution in [0.5, 0.6) is 0 Å². The standard InChI is InChI=1S/C15H17FN6/c1-2-22-10-19-13-14(17-9-18-15(13)22)21-20-8-7-11-3-5-12(16)6-4-11/h3-6,9-10,20H,2,7-8H2,1H3,(H,17,18,21). The summed E-state index contributed by atoms with van der Waals surface area (Å²) in [5.74, 6) is 0.432. The predicted molar refractivity (Wildman–Crippen MR) is 82.7 cm³/mol. The minimum absolute atomic E-state index is 0.218. The van der Waals surface area contributed by atoms with Crippen LogP contribution in [-0.2, 0) is 13.0 Å². The Labute approximate surface area is 127 Å². The van der Waals surface area contributed by atoms with Crippen molar-refractivity contribution >= 4 is 17.0 Å². The van der Waals surface area contributed by atoms with Gasteiger partial charge in [-0.05, 0) is 31.0 Å². The molecule has 2 heterocycles. The Morgan fingerprint density at radius 2 is 1.95 bits per heavy atom. The highest BCUT2D eigenvalue weighted by molar-refractivity contribution is 5.82. The molecule has 0 bridgehead atoms. The van der Waals surface area contributed by atoms with Gasteiger partial charge in [-0.2, -0.15) is 0 Å². The Bertz CT molecular complexity index is 752. The van der Waals surface area contributed by atoms with Gasteiger partial charge in [-0.25, -0.2) is 24.8 Å². The van der Waals surface area contributed by atoms with Crippen molar-refractivity contribution in [1.82, 2.24) is 24.9 Å². The minimum atomic E-state index is -0.218. The zero-order valence-electron chi connectivity index (χ0n) is 12.3. The Balaban J connectivity index is 1.60. The van der Waals surface area contributed by atoms with Crippen molar-refractivity contribution in [1.29, 1.82) is 0 Å². The molecule has 0 aliphatic heterocycles. The third kappa shape index (κ3) is 3.04. The maximum absolute atomic E-state index is 12.8. The van der Waals surface area contributed by atoms with Crippen molar-refractivity contribution < 1.29 is 4.39 Å². The van der Waals surface area contributed by atoms with Crippen LogP contribution < -0.4 is 10.9 Å². The molecule has 1 aromatic carbocycles. The lowest BCUT2D eigenvalue weighted by Crippen LogP contribution is -2.25. The van der Waals surface area contributed by atoms with Crippen LogP contribution in [0.2, 0.25) is 0 Å². The fourth-order valence-corrected chi connectivity index (χ4v) is 2.21. The van der Waals surface area contributed by atoms with Gasteiger partial charge in [0.05, 0.1) is 6.33 Å². The highest BCUT2D eigenvalue weighted by Crippen LogP contribution is 2.16. The van der Waals surface area contributed by atoms with E-state index in [4.69, 9.17) is 0 Å². The van der Waals surface area contributed by atoms with E-state index in [1.807, 2.05) is 11.5 Å². The van der Waals surface area contributed by atoms with Gasteiger partial charge in [0.2, 0.25) is 0 Å². The number of anilines is 1. The monoisotopic (exact) mass is 300 g/mol. The first kappa shape index (κ1) is 14.4. The lowest BCUT2D eigenvalue weighted by Gasteiger charge is -2.08. The number of rotatable bonds is 6. The molecule has 2 aromatic heterocycles. The Morgan fingerprint density at radius 3 is 2.73 bits per heavy atom. The van der Waals surface area contributed by atoms with E-state index in [1.165, 1.54) is 18.5 Å². The van der Waals surface area contributed by atoms with Crippen LogP contribution in [0.15, 0.2) is 36.9 Å². The Hall–Kier alpha value is -2.54. The highest BCUT2D eigenvalue weighted by Gasteiger charge is 2.08. The highest BCUT2D eigenvalue weighted by atomic mass is 19.1. The first-order valence-electron chi connectivity index (χ1n) is 7.17. The van der Waals surface area contributed by atoms with Gasteiger partial charge in [0.25, 0.3) is 0 Å². The van der Waals surface area contributed by atoms with E-state index < -0.39 is 0 Å². The maximum atomic E-state index is 12.8. The second-order valence-corrected chi connectivity index (χ2v) is 4.85. The van der Waals surface area contributed by atoms with Gasteiger partial charge in [0.15, 0.2) is 17.0 Å². The van der Waals surface area contributed by atoms with E-state index in [1.54, 1.807) is 18.5 Å². The molecule has 114 valence electrons. The third-order valence-electron chi connectivity index (χ3n) is 3.40. The molecule has 0 unspecified atom stereocenters. The summed E-state index contributed by atoms with van der Waals surface area (Å²) in [7, 11) is 0. The number of nitrogens with one attached hydrogen (secondary N) is 2. The molecule has 7 heteroatoms. The first-order valence-corrected chi connectivity index (χ1v) is 7.17. The second kappa shape index (κ2) is 6.48. The number of fused-ring (bicyclic) bond motifs is 1. The number of benzene rings is 1. The van der Waals surface area contributed by atoms with E-state index in [0.717, 1.165) is 29.7 Å². The average Bonchev–Trinajstić information content (AvgIpc) is 2.97. The molecule has 3 rings (SSSR count). The number of hydrogen-bond donors (Lipinski definition) is 2. The van der Waals surface area contributed by atoms with Crippen LogP contribution in [0.4, 0.5) is 10.2 Å². The van der Waals surface area contributed by atoms with Crippen molar-refractivity contribution in [3.05, 3.63) is 48.3 Å². The minimum Gasteiger partial charge on any atom is -0.315 e. The van der Waals surface area contributed by atoms with Gasteiger partial charge in [0.1, 0.15) is 12.1 Å². The molecule has 0 radical (unpaired) electrons. The zero-order valence-corrected chi connectivity index (χ0v) is 12.3. The van der Waals surface area contributed by atoms with Crippen molar-refractivity contribution in [3.63, 3.8) is 0 Å². The fraction of sp³-hybridized carbons (Fsp3) is 0.267. The third-order valence-corrected chi connectivity index (χ3v) is 3.40. The zero-order chi connectivity index (χ0) is 15.4. The van der Waals surface area contributed by atoms with Crippen LogP contribution in [0.3, 0.4) is 0 Å². The SMILES string of the molecule is CCn1cnc2c(NNCCc3ccc(F)cc3)ncnc21. The van der Waals surface area contributed by atoms with Crippen LogP contribution >= 0.6 is 0 Å². The number of hydrazine groups is 1. The predicted octanol–water partition coefficient (Wildman–Crippen LogP) is 2.14. The summed E-state index contributed by atoms with van der Waals surface area (Å²) in [4.78, 5) is 12.8. The van der Waals surface area contributed by atoms with Crippen LogP contribution in [0.25, 0.3) is 11.2 Å². The summed E-state index contributed by atoms with van der Waals surface area (Å²) in [5, 5.41) is 0. The number of imidazole rings is 1. The summed E-state index contributed by atoms with van der Waals surface area (Å²) in [6, 6.07) is 6.49. The van der Waals surface area contributed by atoms with Crippen molar-refractivity contribution in [2.45, 2.75) is 19.9 Å². The average molecular weight is 300 g/mol. The molecular formula is C15H17FN6. The summed E-state index contributed by atoms with van der Waals surface area (Å²) in [6.07, 6.45) is 4.05. The number of nitrogens with zero attached hydrogens (tertiary/aromatic N) is 4. The van der Waals surface area contributed by atoms with E-state index in [0.29, 0.717) is 12.4 Å². The van der Waals surface area contributed by atoms with Gasteiger partial charge in [-0.15, -0.1) is 0 Å². The summed E-state index contributed by atoms with van der Waals surface area (Å²) in [5.41, 5.74) is 8.77. The largest absolute Gasteiger partial charge is 0.315 e. The number of aromatic nitrogens is 4. The summed E-state index contributed by atoms with van der Waals surface area (Å²) >= 11 is 0. The van der Waals surface area contributed by atoms with Gasteiger partial charge >= 0.3 is 0 Å². The van der Waals surface area contributed by atoms with E-state index in [9.17, 15) is 4.39 Å². The van der Waals surface area contributed by atoms with Crippen LogP contribution in [0.1, 0.15) is 12.5 Å². The smallest absolute Gasteiger partial charge is 0.171 e. The summed E-state index contributed by atoms with van der Waals surface area (Å²) in [6.45, 7) is 3.54. The van der Waals surface area contributed by atoms with Gasteiger partial charge < -0.3 is 9.99 Å². The molecule has 0 fully saturated rings. The molecule has 0 spiro atoms. The lowest BCUT2D eigenvalue weighted by molar-refractivity contribution is 0.626. The van der Waals surface area contributed by atoms with Crippen LogP contribution in [0, 0.1) is 5.82 Å².